The van der Waals surface area contributed by atoms with Crippen molar-refractivity contribution < 1.29 is 26.7 Å². The zero-order valence-corrected chi connectivity index (χ0v) is 12.4. The van der Waals surface area contributed by atoms with Crippen LogP contribution in [0.2, 0.25) is 0 Å². The third-order valence-electron chi connectivity index (χ3n) is 3.05. The Labute approximate surface area is 138 Å². The molecular weight excluding hydrogens is 349 g/mol. The molecular formula is C14H10F5N5O. The molecule has 0 aromatic carbocycles. The third-order valence-corrected chi connectivity index (χ3v) is 3.05. The van der Waals surface area contributed by atoms with Crippen molar-refractivity contribution in [1.82, 2.24) is 9.99 Å². The lowest BCUT2D eigenvalue weighted by atomic mass is 10.3. The Morgan fingerprint density at radius 1 is 1.12 bits per heavy atom. The highest BCUT2D eigenvalue weighted by molar-refractivity contribution is 5.50. The first-order valence-electron chi connectivity index (χ1n) is 6.87. The summed E-state index contributed by atoms with van der Waals surface area (Å²) in [5.41, 5.74) is -0.112. The average Bonchev–Trinajstić information content (AvgIpc) is 2.59. The van der Waals surface area contributed by atoms with Crippen molar-refractivity contribution in [2.24, 2.45) is 10.2 Å². The van der Waals surface area contributed by atoms with Gasteiger partial charge in [-0.3, -0.25) is 5.01 Å². The zero-order chi connectivity index (χ0) is 18.0. The quantitative estimate of drug-likeness (QED) is 0.763. The molecule has 0 N–H and O–H groups in total. The summed E-state index contributed by atoms with van der Waals surface area (Å²) in [7, 11) is 0. The molecule has 0 radical (unpaired) electrons. The number of hydrogen-bond acceptors (Lipinski definition) is 6. The van der Waals surface area contributed by atoms with Crippen molar-refractivity contribution in [3.05, 3.63) is 54.4 Å². The van der Waals surface area contributed by atoms with Gasteiger partial charge in [0.15, 0.2) is 12.4 Å². The standard InChI is InChI=1S/C14H10F5N5O/c15-13(16)10-7-24-11(22-21-10)2-1-5-23(24)9-3-4-12(20-6-9)25-8-14(17,18)19/h1-7,13H,8H2. The van der Waals surface area contributed by atoms with Crippen molar-refractivity contribution in [1.29, 1.82) is 0 Å². The van der Waals surface area contributed by atoms with E-state index in [0.717, 1.165) is 6.20 Å². The predicted molar refractivity (Wildman–Crippen MR) is 76.3 cm³/mol. The first-order valence-corrected chi connectivity index (χ1v) is 6.87. The van der Waals surface area contributed by atoms with Crippen molar-refractivity contribution in [2.45, 2.75) is 12.6 Å². The highest BCUT2D eigenvalue weighted by atomic mass is 19.4. The number of halogens is 5. The molecule has 0 saturated heterocycles. The first kappa shape index (κ1) is 16.9. The molecule has 0 aliphatic carbocycles. The minimum Gasteiger partial charge on any atom is -0.468 e. The summed E-state index contributed by atoms with van der Waals surface area (Å²) in [5, 5.41) is 9.89. The van der Waals surface area contributed by atoms with Crippen LogP contribution >= 0.6 is 0 Å². The molecule has 0 bridgehead atoms. The van der Waals surface area contributed by atoms with Crippen LogP contribution in [0.5, 0.6) is 5.88 Å². The number of pyridine rings is 1. The second-order valence-corrected chi connectivity index (χ2v) is 4.87. The number of ether oxygens (including phenoxy) is 1. The van der Waals surface area contributed by atoms with Crippen molar-refractivity contribution in [3.8, 4) is 5.88 Å². The fourth-order valence-electron chi connectivity index (χ4n) is 2.00. The Hall–Kier alpha value is -2.98. The Kier molecular flexibility index (Phi) is 4.38. The molecule has 1 aromatic heterocycles. The van der Waals surface area contributed by atoms with Gasteiger partial charge in [-0.15, -0.1) is 10.2 Å². The lowest BCUT2D eigenvalue weighted by Crippen LogP contribution is -2.37. The number of hydrazine groups is 1. The number of alkyl halides is 5. The number of anilines is 1. The van der Waals surface area contributed by atoms with Gasteiger partial charge in [-0.2, -0.15) is 13.2 Å². The Balaban J connectivity index is 1.78. The van der Waals surface area contributed by atoms with E-state index in [-0.39, 0.29) is 5.88 Å². The molecule has 3 heterocycles. The topological polar surface area (TPSA) is 53.3 Å². The Bertz CT molecular complexity index is 754. The lowest BCUT2D eigenvalue weighted by Gasteiger charge is -2.35. The molecule has 11 heteroatoms. The van der Waals surface area contributed by atoms with Crippen LogP contribution in [0.15, 0.2) is 64.6 Å². The summed E-state index contributed by atoms with van der Waals surface area (Å²) in [6.07, 6.45) is -0.175. The maximum Gasteiger partial charge on any atom is 0.422 e. The van der Waals surface area contributed by atoms with E-state index in [0.29, 0.717) is 11.5 Å². The maximum atomic E-state index is 12.8. The molecule has 2 aliphatic rings. The van der Waals surface area contributed by atoms with E-state index in [1.54, 1.807) is 18.4 Å². The van der Waals surface area contributed by atoms with E-state index in [2.05, 4.69) is 19.9 Å². The summed E-state index contributed by atoms with van der Waals surface area (Å²) in [4.78, 5) is 3.78. The number of fused-ring (bicyclic) bond motifs is 1. The highest BCUT2D eigenvalue weighted by Gasteiger charge is 2.29. The second kappa shape index (κ2) is 6.49. The molecule has 0 saturated carbocycles. The van der Waals surface area contributed by atoms with E-state index in [1.807, 2.05) is 0 Å². The van der Waals surface area contributed by atoms with Crippen LogP contribution in [-0.2, 0) is 0 Å². The molecule has 0 unspecified atom stereocenters. The molecule has 3 rings (SSSR count). The molecule has 0 spiro atoms. The fourth-order valence-corrected chi connectivity index (χ4v) is 2.00. The molecule has 0 amide bonds. The third kappa shape index (κ3) is 3.92. The number of aromatic nitrogens is 1. The summed E-state index contributed by atoms with van der Waals surface area (Å²) in [5.74, 6) is 0.0873. The fraction of sp³-hybridized carbons (Fsp3) is 0.214. The SMILES string of the molecule is FC(F)C1=CN2C(=CC=CN2c2ccc(OCC(F)(F)F)nc2)N=N1. The van der Waals surface area contributed by atoms with Crippen LogP contribution in [-0.4, -0.2) is 29.2 Å². The van der Waals surface area contributed by atoms with E-state index < -0.39 is 24.9 Å². The highest BCUT2D eigenvalue weighted by Crippen LogP contribution is 2.30. The average molecular weight is 359 g/mol. The van der Waals surface area contributed by atoms with Gasteiger partial charge in [0.1, 0.15) is 5.70 Å². The molecule has 6 nitrogen and oxygen atoms in total. The predicted octanol–water partition coefficient (Wildman–Crippen LogP) is 3.99. The minimum atomic E-state index is -4.47. The zero-order valence-electron chi connectivity index (χ0n) is 12.4. The van der Waals surface area contributed by atoms with Gasteiger partial charge in [-0.25, -0.2) is 18.8 Å². The Morgan fingerprint density at radius 3 is 2.56 bits per heavy atom. The minimum absolute atomic E-state index is 0.208. The smallest absolute Gasteiger partial charge is 0.422 e. The summed E-state index contributed by atoms with van der Waals surface area (Å²) >= 11 is 0. The second-order valence-electron chi connectivity index (χ2n) is 4.87. The summed E-state index contributed by atoms with van der Waals surface area (Å²) in [6, 6.07) is 2.68. The number of hydrogen-bond donors (Lipinski definition) is 0. The number of nitrogens with zero attached hydrogens (tertiary/aromatic N) is 5. The van der Waals surface area contributed by atoms with E-state index in [9.17, 15) is 22.0 Å². The van der Waals surface area contributed by atoms with Crippen LogP contribution in [0.25, 0.3) is 0 Å². The lowest BCUT2D eigenvalue weighted by molar-refractivity contribution is -0.154. The first-order chi connectivity index (χ1) is 11.8. The molecule has 2 aliphatic heterocycles. The molecule has 1 aromatic rings. The van der Waals surface area contributed by atoms with Gasteiger partial charge in [0.05, 0.1) is 18.1 Å². The van der Waals surface area contributed by atoms with Gasteiger partial charge in [0.2, 0.25) is 5.88 Å². The maximum absolute atomic E-state index is 12.8. The Morgan fingerprint density at radius 2 is 1.92 bits per heavy atom. The number of azo groups is 1. The number of allylic oxidation sites excluding steroid dienone is 3. The monoisotopic (exact) mass is 359 g/mol. The van der Waals surface area contributed by atoms with E-state index in [1.165, 1.54) is 28.3 Å². The molecule has 132 valence electrons. The van der Waals surface area contributed by atoms with Crippen LogP contribution in [0.1, 0.15) is 0 Å². The molecule has 25 heavy (non-hydrogen) atoms. The van der Waals surface area contributed by atoms with Gasteiger partial charge in [-0.05, 0) is 18.2 Å². The normalized spacial score (nSPS) is 16.7. The van der Waals surface area contributed by atoms with Gasteiger partial charge >= 0.3 is 6.18 Å². The van der Waals surface area contributed by atoms with Crippen LogP contribution < -0.4 is 9.75 Å². The number of rotatable bonds is 4. The van der Waals surface area contributed by atoms with Crippen LogP contribution in [0, 0.1) is 0 Å². The van der Waals surface area contributed by atoms with E-state index >= 15 is 0 Å². The van der Waals surface area contributed by atoms with Gasteiger partial charge in [0, 0.05) is 12.3 Å². The molecule has 0 atom stereocenters. The van der Waals surface area contributed by atoms with Gasteiger partial charge < -0.3 is 4.74 Å². The van der Waals surface area contributed by atoms with Crippen LogP contribution in [0.3, 0.4) is 0 Å². The van der Waals surface area contributed by atoms with Crippen LogP contribution in [0.4, 0.5) is 27.6 Å². The summed E-state index contributed by atoms with van der Waals surface area (Å²) in [6.45, 7) is -1.46. The van der Waals surface area contributed by atoms with Gasteiger partial charge in [0.25, 0.3) is 6.43 Å². The summed E-state index contributed by atoms with van der Waals surface area (Å²) < 4.78 is 66.5. The largest absolute Gasteiger partial charge is 0.468 e. The van der Waals surface area contributed by atoms with Crippen molar-refractivity contribution in [2.75, 3.05) is 11.6 Å². The van der Waals surface area contributed by atoms with Gasteiger partial charge in [-0.1, -0.05) is 0 Å². The van der Waals surface area contributed by atoms with Crippen molar-refractivity contribution >= 4 is 5.69 Å². The molecule has 0 fully saturated rings. The van der Waals surface area contributed by atoms with Crippen molar-refractivity contribution in [3.63, 3.8) is 0 Å². The van der Waals surface area contributed by atoms with E-state index in [4.69, 9.17) is 0 Å².